The molecule has 2 aromatic carbocycles. The minimum Gasteiger partial charge on any atom is -0.354 e. The zero-order chi connectivity index (χ0) is 27.0. The van der Waals surface area contributed by atoms with Gasteiger partial charge in [-0.25, -0.2) is 21.6 Å². The van der Waals surface area contributed by atoms with E-state index in [1.165, 1.54) is 29.2 Å². The van der Waals surface area contributed by atoms with Crippen molar-refractivity contribution in [2.45, 2.75) is 46.2 Å². The molecular formula is C25H32F3N3O4S. The number of nitrogens with one attached hydrogen (secondary N) is 1. The van der Waals surface area contributed by atoms with Crippen LogP contribution in [0.15, 0.2) is 42.5 Å². The zero-order valence-corrected chi connectivity index (χ0v) is 21.6. The van der Waals surface area contributed by atoms with E-state index in [4.69, 9.17) is 0 Å². The average molecular weight is 528 g/mol. The summed E-state index contributed by atoms with van der Waals surface area (Å²) in [5, 5.41) is 2.79. The lowest BCUT2D eigenvalue weighted by Gasteiger charge is -2.29. The van der Waals surface area contributed by atoms with Crippen LogP contribution in [0.4, 0.5) is 18.9 Å². The van der Waals surface area contributed by atoms with E-state index < -0.39 is 39.4 Å². The van der Waals surface area contributed by atoms with E-state index in [1.54, 1.807) is 6.92 Å². The summed E-state index contributed by atoms with van der Waals surface area (Å²) in [6.45, 7) is 5.78. The number of carbonyl (C=O) groups is 2. The predicted octanol–water partition coefficient (Wildman–Crippen LogP) is 3.84. The molecule has 0 aliphatic heterocycles. The topological polar surface area (TPSA) is 86.8 Å². The van der Waals surface area contributed by atoms with Crippen LogP contribution in [0.3, 0.4) is 0 Å². The molecule has 0 fully saturated rings. The Morgan fingerprint density at radius 3 is 2.17 bits per heavy atom. The number of halogens is 3. The largest absolute Gasteiger partial charge is 0.354 e. The Kier molecular flexibility index (Phi) is 10.3. The van der Waals surface area contributed by atoms with Crippen molar-refractivity contribution >= 4 is 27.5 Å². The van der Waals surface area contributed by atoms with Gasteiger partial charge in [-0.05, 0) is 49.1 Å². The summed E-state index contributed by atoms with van der Waals surface area (Å²) >= 11 is 0. The summed E-state index contributed by atoms with van der Waals surface area (Å²) in [4.78, 5) is 27.2. The molecule has 11 heteroatoms. The smallest absolute Gasteiger partial charge is 0.242 e. The third-order valence-corrected chi connectivity index (χ3v) is 6.66. The summed E-state index contributed by atoms with van der Waals surface area (Å²) in [7, 11) is -3.84. The van der Waals surface area contributed by atoms with E-state index in [1.807, 2.05) is 13.8 Å². The molecule has 0 aliphatic rings. The highest BCUT2D eigenvalue weighted by atomic mass is 32.2. The van der Waals surface area contributed by atoms with Crippen LogP contribution >= 0.6 is 0 Å². The van der Waals surface area contributed by atoms with Gasteiger partial charge in [0.05, 0.1) is 11.9 Å². The first-order chi connectivity index (χ1) is 16.8. The summed E-state index contributed by atoms with van der Waals surface area (Å²) in [6, 6.07) is 7.46. The van der Waals surface area contributed by atoms with Gasteiger partial charge in [-0.15, -0.1) is 0 Å². The van der Waals surface area contributed by atoms with Gasteiger partial charge in [0.2, 0.25) is 21.8 Å². The average Bonchev–Trinajstić information content (AvgIpc) is 2.80. The molecule has 1 atom stereocenters. The summed E-state index contributed by atoms with van der Waals surface area (Å²) < 4.78 is 65.7. The third-order valence-electron chi connectivity index (χ3n) is 5.46. The molecule has 2 amide bonds. The maximum atomic E-state index is 13.7. The molecule has 0 radical (unpaired) electrons. The number of nitrogens with zero attached hydrogens (tertiary/aromatic N) is 2. The van der Waals surface area contributed by atoms with Gasteiger partial charge in [-0.3, -0.25) is 13.9 Å². The Morgan fingerprint density at radius 2 is 1.61 bits per heavy atom. The number of amides is 2. The molecule has 0 bridgehead atoms. The molecule has 1 unspecified atom stereocenters. The van der Waals surface area contributed by atoms with Gasteiger partial charge in [-0.2, -0.15) is 0 Å². The van der Waals surface area contributed by atoms with Crippen molar-refractivity contribution in [1.82, 2.24) is 10.2 Å². The first-order valence-corrected chi connectivity index (χ1v) is 13.4. The van der Waals surface area contributed by atoms with Crippen LogP contribution in [0.5, 0.6) is 0 Å². The van der Waals surface area contributed by atoms with E-state index >= 15 is 0 Å². The summed E-state index contributed by atoms with van der Waals surface area (Å²) in [5.74, 6) is -3.28. The van der Waals surface area contributed by atoms with Crippen molar-refractivity contribution in [3.05, 3.63) is 65.5 Å². The number of hydrogen-bond acceptors (Lipinski definition) is 4. The van der Waals surface area contributed by atoms with Crippen molar-refractivity contribution in [2.75, 3.05) is 23.7 Å². The molecule has 0 spiro atoms. The highest BCUT2D eigenvalue weighted by Crippen LogP contribution is 2.21. The minimum absolute atomic E-state index is 0.0499. The number of rotatable bonds is 12. The third kappa shape index (κ3) is 8.54. The Hall–Kier alpha value is -3.08. The molecule has 0 saturated carbocycles. The van der Waals surface area contributed by atoms with Crippen molar-refractivity contribution < 1.29 is 31.2 Å². The van der Waals surface area contributed by atoms with Gasteiger partial charge in [0, 0.05) is 32.1 Å². The molecular weight excluding hydrogens is 495 g/mol. The SMILES string of the molecule is CC(C)CNC(=O)C(C)N(Cc1ccc(F)cc1)C(=O)CCCN(c1ccc(F)c(F)c1)S(C)(=O)=O. The minimum atomic E-state index is -3.84. The van der Waals surface area contributed by atoms with Crippen molar-refractivity contribution in [3.63, 3.8) is 0 Å². The number of carbonyl (C=O) groups excluding carboxylic acids is 2. The Bertz CT molecular complexity index is 1160. The second-order valence-corrected chi connectivity index (χ2v) is 10.9. The van der Waals surface area contributed by atoms with E-state index in [-0.39, 0.29) is 43.4 Å². The van der Waals surface area contributed by atoms with E-state index in [0.717, 1.165) is 28.8 Å². The second kappa shape index (κ2) is 12.8. The van der Waals surface area contributed by atoms with Gasteiger partial charge in [0.25, 0.3) is 0 Å². The van der Waals surface area contributed by atoms with E-state index in [9.17, 15) is 31.2 Å². The number of anilines is 1. The molecule has 0 saturated heterocycles. The Balaban J connectivity index is 2.17. The van der Waals surface area contributed by atoms with Crippen molar-refractivity contribution in [3.8, 4) is 0 Å². The van der Waals surface area contributed by atoms with Crippen LogP contribution in [0.2, 0.25) is 0 Å². The first kappa shape index (κ1) is 29.2. The molecule has 1 N–H and O–H groups in total. The van der Waals surface area contributed by atoms with Gasteiger partial charge in [-0.1, -0.05) is 26.0 Å². The molecule has 36 heavy (non-hydrogen) atoms. The lowest BCUT2D eigenvalue weighted by Crippen LogP contribution is -2.48. The van der Waals surface area contributed by atoms with Gasteiger partial charge >= 0.3 is 0 Å². The fourth-order valence-corrected chi connectivity index (χ4v) is 4.42. The molecule has 0 aliphatic carbocycles. The Labute approximate surface area is 210 Å². The monoisotopic (exact) mass is 527 g/mol. The second-order valence-electron chi connectivity index (χ2n) is 9.00. The summed E-state index contributed by atoms with van der Waals surface area (Å²) in [6.07, 6.45) is 0.877. The fourth-order valence-electron chi connectivity index (χ4n) is 3.47. The first-order valence-electron chi connectivity index (χ1n) is 11.5. The fraction of sp³-hybridized carbons (Fsp3) is 0.440. The molecule has 2 rings (SSSR count). The predicted molar refractivity (Wildman–Crippen MR) is 132 cm³/mol. The van der Waals surface area contributed by atoms with Gasteiger partial charge < -0.3 is 10.2 Å². The van der Waals surface area contributed by atoms with Crippen LogP contribution in [-0.2, 0) is 26.2 Å². The maximum absolute atomic E-state index is 13.7. The molecule has 7 nitrogen and oxygen atoms in total. The molecule has 0 heterocycles. The lowest BCUT2D eigenvalue weighted by atomic mass is 10.1. The number of hydrogen-bond donors (Lipinski definition) is 1. The van der Waals surface area contributed by atoms with E-state index in [2.05, 4.69) is 5.32 Å². The van der Waals surface area contributed by atoms with Crippen LogP contribution < -0.4 is 9.62 Å². The van der Waals surface area contributed by atoms with Crippen LogP contribution in [-0.4, -0.2) is 50.5 Å². The molecule has 0 aromatic heterocycles. The highest BCUT2D eigenvalue weighted by Gasteiger charge is 2.27. The number of sulfonamides is 1. The molecule has 2 aromatic rings. The van der Waals surface area contributed by atoms with Crippen LogP contribution in [0.25, 0.3) is 0 Å². The van der Waals surface area contributed by atoms with Crippen LogP contribution in [0.1, 0.15) is 39.2 Å². The number of benzene rings is 2. The standard InChI is InChI=1S/C25H32F3N3O4S/c1-17(2)15-29-25(33)18(3)30(16-19-7-9-20(26)10-8-19)24(32)6-5-13-31(36(4,34)35)21-11-12-22(27)23(28)14-21/h7-12,14,17-18H,5-6,13,15-16H2,1-4H3,(H,29,33). The van der Waals surface area contributed by atoms with E-state index in [0.29, 0.717) is 12.1 Å². The van der Waals surface area contributed by atoms with Gasteiger partial charge in [0.1, 0.15) is 11.9 Å². The lowest BCUT2D eigenvalue weighted by molar-refractivity contribution is -0.140. The molecule has 198 valence electrons. The highest BCUT2D eigenvalue weighted by molar-refractivity contribution is 7.92. The summed E-state index contributed by atoms with van der Waals surface area (Å²) in [5.41, 5.74) is 0.557. The van der Waals surface area contributed by atoms with Crippen LogP contribution in [0, 0.1) is 23.4 Å². The quantitative estimate of drug-likeness (QED) is 0.455. The van der Waals surface area contributed by atoms with Gasteiger partial charge in [0.15, 0.2) is 11.6 Å². The van der Waals surface area contributed by atoms with Crippen molar-refractivity contribution in [1.29, 1.82) is 0 Å². The Morgan fingerprint density at radius 1 is 0.972 bits per heavy atom. The normalized spacial score (nSPS) is 12.3. The van der Waals surface area contributed by atoms with Crippen molar-refractivity contribution in [2.24, 2.45) is 5.92 Å². The zero-order valence-electron chi connectivity index (χ0n) is 20.8. The maximum Gasteiger partial charge on any atom is 0.242 e.